The summed E-state index contributed by atoms with van der Waals surface area (Å²) in [6.45, 7) is 4.66. The molecule has 0 spiro atoms. The Labute approximate surface area is 195 Å². The molecule has 30 heavy (non-hydrogen) atoms. The summed E-state index contributed by atoms with van der Waals surface area (Å²) < 4.78 is 0. The van der Waals surface area contributed by atoms with Crippen molar-refractivity contribution in [2.45, 2.75) is 57.2 Å². The highest BCUT2D eigenvalue weighted by Crippen LogP contribution is 2.32. The molecule has 0 aliphatic carbocycles. The second-order valence-electron chi connectivity index (χ2n) is 8.43. The van der Waals surface area contributed by atoms with Crippen molar-refractivity contribution in [2.75, 3.05) is 19.6 Å². The maximum Gasteiger partial charge on any atom is 0.133 e. The number of likely N-dealkylation sites (tertiary alicyclic amines) is 2. The number of unbranched alkanes of at least 4 members (excludes halogenated alkanes) is 1. The van der Waals surface area contributed by atoms with Gasteiger partial charge in [-0.2, -0.15) is 27.0 Å². The number of benzene rings is 2. The number of hydrogen-bond acceptors (Lipinski definition) is 3. The first kappa shape index (κ1) is 25.0. The van der Waals surface area contributed by atoms with Crippen molar-refractivity contribution in [3.05, 3.63) is 71.8 Å². The molecule has 2 heterocycles. The lowest BCUT2D eigenvalue weighted by molar-refractivity contribution is -0.119. The number of fused-ring (bicyclic) bond motifs is 2. The van der Waals surface area contributed by atoms with E-state index in [0.717, 1.165) is 50.9 Å². The lowest BCUT2D eigenvalue weighted by Crippen LogP contribution is -2.46. The van der Waals surface area contributed by atoms with Gasteiger partial charge in [-0.1, -0.05) is 60.7 Å². The minimum absolute atomic E-state index is 0. The Morgan fingerprint density at radius 3 is 2.00 bits per heavy atom. The number of aryl methyl sites for hydroxylation is 1. The predicted molar refractivity (Wildman–Crippen MR) is 135 cm³/mol. The normalized spacial score (nSPS) is 20.5. The van der Waals surface area contributed by atoms with Crippen LogP contribution in [0, 0.1) is 0 Å². The second-order valence-corrected chi connectivity index (χ2v) is 8.43. The largest absolute Gasteiger partial charge is 0.300 e. The van der Waals surface area contributed by atoms with E-state index in [2.05, 4.69) is 52.3 Å². The van der Waals surface area contributed by atoms with Crippen LogP contribution >= 0.6 is 27.0 Å². The molecule has 2 aliphatic heterocycles. The summed E-state index contributed by atoms with van der Waals surface area (Å²) >= 11 is 0. The molecule has 0 radical (unpaired) electrons. The van der Waals surface area contributed by atoms with Crippen LogP contribution in [0.4, 0.5) is 0 Å². The van der Waals surface area contributed by atoms with Crippen LogP contribution in [0.15, 0.2) is 60.7 Å². The van der Waals surface area contributed by atoms with Crippen LogP contribution in [0.1, 0.15) is 43.2 Å². The fourth-order valence-corrected chi connectivity index (χ4v) is 4.81. The zero-order chi connectivity index (χ0) is 19.2. The summed E-state index contributed by atoms with van der Waals surface area (Å²) in [4.78, 5) is 17.5. The van der Waals surface area contributed by atoms with Crippen molar-refractivity contribution < 1.29 is 4.79 Å². The van der Waals surface area contributed by atoms with Crippen LogP contribution in [0.3, 0.4) is 0 Å². The van der Waals surface area contributed by atoms with Gasteiger partial charge in [-0.15, -0.1) is 0 Å². The average Bonchev–Trinajstić information content (AvgIpc) is 3.31. The molecule has 3 nitrogen and oxygen atoms in total. The van der Waals surface area contributed by atoms with Gasteiger partial charge in [-0.25, -0.2) is 0 Å². The van der Waals surface area contributed by atoms with E-state index in [-0.39, 0.29) is 27.0 Å². The highest BCUT2D eigenvalue weighted by molar-refractivity contribution is 7.59. The molecule has 0 aromatic heterocycles. The van der Waals surface area contributed by atoms with Gasteiger partial charge in [0.1, 0.15) is 5.78 Å². The first-order valence-corrected chi connectivity index (χ1v) is 10.9. The summed E-state index contributed by atoms with van der Waals surface area (Å²) in [6.07, 6.45) is 5.83. The zero-order valence-corrected chi connectivity index (χ0v) is 19.8. The Morgan fingerprint density at radius 1 is 0.767 bits per heavy atom. The molecule has 2 aromatic carbocycles. The maximum absolute atomic E-state index is 12.1. The van der Waals surface area contributed by atoms with E-state index in [4.69, 9.17) is 0 Å². The van der Waals surface area contributed by atoms with Gasteiger partial charge in [0.2, 0.25) is 0 Å². The quantitative estimate of drug-likeness (QED) is 0.503. The van der Waals surface area contributed by atoms with Gasteiger partial charge in [0, 0.05) is 44.6 Å². The molecule has 4 rings (SSSR count). The molecular weight excluding hydrogens is 408 g/mol. The summed E-state index contributed by atoms with van der Waals surface area (Å²) in [5.74, 6) is 0.417. The van der Waals surface area contributed by atoms with Crippen molar-refractivity contribution in [2.24, 2.45) is 0 Å². The van der Waals surface area contributed by atoms with Crippen molar-refractivity contribution in [1.29, 1.82) is 0 Å². The number of piperazine rings is 1. The molecule has 0 amide bonds. The van der Waals surface area contributed by atoms with E-state index >= 15 is 0 Å². The lowest BCUT2D eigenvalue weighted by atomic mass is 10.0. The number of Topliss-reactive ketones (excluding diaryl/α,β-unsaturated/α-hetero) is 1. The highest BCUT2D eigenvalue weighted by Gasteiger charge is 2.42. The molecule has 0 N–H and O–H groups in total. The highest BCUT2D eigenvalue weighted by atomic mass is 32.1. The van der Waals surface area contributed by atoms with Gasteiger partial charge in [0.05, 0.1) is 0 Å². The minimum Gasteiger partial charge on any atom is -0.300 e. The van der Waals surface area contributed by atoms with E-state index in [1.165, 1.54) is 30.6 Å². The average molecular weight is 445 g/mol. The smallest absolute Gasteiger partial charge is 0.133 e. The molecule has 2 fully saturated rings. The molecule has 2 aliphatic rings. The third kappa shape index (κ3) is 6.88. The summed E-state index contributed by atoms with van der Waals surface area (Å²) in [6, 6.07) is 22.6. The van der Waals surface area contributed by atoms with E-state index in [9.17, 15) is 4.79 Å². The van der Waals surface area contributed by atoms with Crippen LogP contribution in [0.5, 0.6) is 0 Å². The van der Waals surface area contributed by atoms with E-state index < -0.39 is 0 Å². The van der Waals surface area contributed by atoms with Crippen molar-refractivity contribution in [3.8, 4) is 0 Å². The monoisotopic (exact) mass is 444 g/mol. The standard InChI is InChI=1S/C25H32N2O.2H2S/c28-25(15-14-21-9-3-1-4-10-21)13-7-8-16-26-19-24-17-23(26)20-27(24)18-22-11-5-2-6-12-22;;/h1-6,9-12,23-24H,7-8,13-20H2;2*1H2. The van der Waals surface area contributed by atoms with E-state index in [1.807, 2.05) is 18.2 Å². The molecular formula is C25H36N2OS2. The van der Waals surface area contributed by atoms with Gasteiger partial charge in [-0.05, 0) is 43.4 Å². The van der Waals surface area contributed by atoms with Crippen LogP contribution < -0.4 is 0 Å². The number of ketones is 1. The van der Waals surface area contributed by atoms with Crippen LogP contribution in [-0.2, 0) is 17.8 Å². The van der Waals surface area contributed by atoms with Gasteiger partial charge in [0.15, 0.2) is 0 Å². The maximum atomic E-state index is 12.1. The molecule has 2 bridgehead atoms. The predicted octanol–water partition coefficient (Wildman–Crippen LogP) is 4.54. The summed E-state index contributed by atoms with van der Waals surface area (Å²) in [5.41, 5.74) is 2.69. The third-order valence-electron chi connectivity index (χ3n) is 6.38. The molecule has 2 unspecified atom stereocenters. The van der Waals surface area contributed by atoms with Crippen molar-refractivity contribution in [1.82, 2.24) is 9.80 Å². The Morgan fingerprint density at radius 2 is 1.37 bits per heavy atom. The van der Waals surface area contributed by atoms with Gasteiger partial charge >= 0.3 is 0 Å². The van der Waals surface area contributed by atoms with E-state index in [0.29, 0.717) is 12.2 Å². The van der Waals surface area contributed by atoms with Crippen molar-refractivity contribution in [3.63, 3.8) is 0 Å². The minimum atomic E-state index is 0. The molecule has 2 saturated heterocycles. The SMILES string of the molecule is O=C(CCCCN1CC2CC1CN2Cc1ccccc1)CCc1ccccc1.S.S. The first-order chi connectivity index (χ1) is 13.8. The first-order valence-electron chi connectivity index (χ1n) is 10.9. The summed E-state index contributed by atoms with van der Waals surface area (Å²) in [7, 11) is 0. The Bertz CT molecular complexity index is 756. The number of nitrogens with zero attached hydrogens (tertiary/aromatic N) is 2. The summed E-state index contributed by atoms with van der Waals surface area (Å²) in [5, 5.41) is 0. The van der Waals surface area contributed by atoms with Crippen LogP contribution in [0.2, 0.25) is 0 Å². The molecule has 5 heteroatoms. The number of hydrogen-bond donors (Lipinski definition) is 0. The lowest BCUT2D eigenvalue weighted by Gasteiger charge is -2.34. The second kappa shape index (κ2) is 12.6. The van der Waals surface area contributed by atoms with E-state index in [1.54, 1.807) is 0 Å². The third-order valence-corrected chi connectivity index (χ3v) is 6.38. The Hall–Kier alpha value is -1.27. The molecule has 164 valence electrons. The van der Waals surface area contributed by atoms with Gasteiger partial charge in [0.25, 0.3) is 0 Å². The van der Waals surface area contributed by atoms with Crippen LogP contribution in [0.25, 0.3) is 0 Å². The Kier molecular flexibility index (Phi) is 10.5. The van der Waals surface area contributed by atoms with Gasteiger partial charge < -0.3 is 0 Å². The molecule has 2 atom stereocenters. The number of carbonyl (C=O) groups excluding carboxylic acids is 1. The molecule has 2 aromatic rings. The topological polar surface area (TPSA) is 23.6 Å². The van der Waals surface area contributed by atoms with Gasteiger partial charge in [-0.3, -0.25) is 14.6 Å². The van der Waals surface area contributed by atoms with Crippen LogP contribution in [-0.4, -0.2) is 47.3 Å². The number of carbonyl (C=O) groups is 1. The van der Waals surface area contributed by atoms with Crippen molar-refractivity contribution >= 4 is 32.8 Å². The number of rotatable bonds is 10. The fourth-order valence-electron chi connectivity index (χ4n) is 4.81. The zero-order valence-electron chi connectivity index (χ0n) is 17.8. The molecule has 0 saturated carbocycles. The Balaban J connectivity index is 0.00000160. The fraction of sp³-hybridized carbons (Fsp3) is 0.480.